The molecule has 5 nitrogen and oxygen atoms in total. The lowest BCUT2D eigenvalue weighted by molar-refractivity contribution is -0.154. The fourth-order valence-electron chi connectivity index (χ4n) is 4.11. The van der Waals surface area contributed by atoms with Gasteiger partial charge in [0.1, 0.15) is 5.75 Å². The molecule has 0 N–H and O–H groups in total. The Bertz CT molecular complexity index is 954. The molecule has 8 heteroatoms. The van der Waals surface area contributed by atoms with Gasteiger partial charge in [-0.1, -0.05) is 78.5 Å². The normalized spacial score (nSPS) is 24.2. The number of hydrogen-bond acceptors (Lipinski definition) is 5. The number of carbonyl (C=O) groups excluding carboxylic acids is 1. The second-order valence-electron chi connectivity index (χ2n) is 14.9. The van der Waals surface area contributed by atoms with Crippen molar-refractivity contribution in [2.24, 2.45) is 0 Å². The van der Waals surface area contributed by atoms with Gasteiger partial charge in [0.2, 0.25) is 0 Å². The number of carbonyl (C=O) groups is 1. The van der Waals surface area contributed by atoms with Gasteiger partial charge in [-0.25, -0.2) is 0 Å². The van der Waals surface area contributed by atoms with Crippen LogP contribution in [0, 0.1) is 0 Å². The Kier molecular flexibility index (Phi) is 9.65. The molecule has 0 aliphatic carbocycles. The lowest BCUT2D eigenvalue weighted by Crippen LogP contribution is -2.57. The molecule has 2 rings (SSSR count). The van der Waals surface area contributed by atoms with Crippen LogP contribution in [0.25, 0.3) is 0 Å². The Balaban J connectivity index is 2.54. The Morgan fingerprint density at radius 2 is 1.41 bits per heavy atom. The van der Waals surface area contributed by atoms with Crippen LogP contribution in [0.3, 0.4) is 0 Å². The first-order valence-corrected chi connectivity index (χ1v) is 23.1. The minimum absolute atomic E-state index is 0.0768. The van der Waals surface area contributed by atoms with Gasteiger partial charge in [0.05, 0.1) is 32.5 Å². The summed E-state index contributed by atoms with van der Waals surface area (Å²) in [6.07, 6.45) is 0.00494. The highest BCUT2D eigenvalue weighted by atomic mass is 28.4. The van der Waals surface area contributed by atoms with Crippen LogP contribution in [0.4, 0.5) is 0 Å². The van der Waals surface area contributed by atoms with E-state index in [1.807, 2.05) is 0 Å². The molecule has 1 aromatic carbocycles. The van der Waals surface area contributed by atoms with Crippen molar-refractivity contribution in [3.8, 4) is 5.75 Å². The largest absolute Gasteiger partial charge is 0.426 e. The standard InChI is InChI=1S/C29H54O5Si3/c1-20-27(34-37(14,15)29(6,7)8)26(33-36(12,13)28(3,4)5)19-25(31-20)23-17-16-22(35(9,10)11)18-24(23)32-21(2)30/h16-18,20,25-27H,19H2,1-15H3/t20-,25-,26-,27-/m1/s1. The van der Waals surface area contributed by atoms with Crippen molar-refractivity contribution in [2.45, 2.75) is 142 Å². The summed E-state index contributed by atoms with van der Waals surface area (Å²) in [5.74, 6) is 0.297. The van der Waals surface area contributed by atoms with Gasteiger partial charge in [-0.15, -0.1) is 0 Å². The van der Waals surface area contributed by atoms with Crippen LogP contribution < -0.4 is 9.92 Å². The molecule has 0 amide bonds. The van der Waals surface area contributed by atoms with Crippen molar-refractivity contribution in [3.05, 3.63) is 23.8 Å². The van der Waals surface area contributed by atoms with E-state index in [0.29, 0.717) is 12.2 Å². The zero-order valence-corrected chi connectivity index (χ0v) is 29.3. The fourth-order valence-corrected chi connectivity index (χ4v) is 7.97. The van der Waals surface area contributed by atoms with Crippen molar-refractivity contribution < 1.29 is 23.1 Å². The van der Waals surface area contributed by atoms with Gasteiger partial charge in [0.25, 0.3) is 0 Å². The average Bonchev–Trinajstić information content (AvgIpc) is 2.67. The maximum absolute atomic E-state index is 12.1. The van der Waals surface area contributed by atoms with Crippen LogP contribution in [0.15, 0.2) is 18.2 Å². The van der Waals surface area contributed by atoms with E-state index in [1.54, 1.807) is 0 Å². The number of rotatable bonds is 7. The van der Waals surface area contributed by atoms with E-state index in [4.69, 9.17) is 18.3 Å². The molecule has 0 saturated carbocycles. The van der Waals surface area contributed by atoms with Gasteiger partial charge in [-0.05, 0) is 49.3 Å². The molecule has 0 spiro atoms. The third kappa shape index (κ3) is 7.88. The van der Waals surface area contributed by atoms with Crippen molar-refractivity contribution in [1.29, 1.82) is 0 Å². The number of ether oxygens (including phenoxy) is 2. The number of esters is 1. The number of hydrogen-bond donors (Lipinski definition) is 0. The van der Waals surface area contributed by atoms with Crippen molar-refractivity contribution >= 4 is 35.9 Å². The van der Waals surface area contributed by atoms with Crippen LogP contribution in [-0.4, -0.2) is 49.0 Å². The highest BCUT2D eigenvalue weighted by Gasteiger charge is 2.49. The minimum atomic E-state index is -2.09. The van der Waals surface area contributed by atoms with E-state index in [0.717, 1.165) is 5.56 Å². The van der Waals surface area contributed by atoms with Gasteiger partial charge in [-0.3, -0.25) is 4.79 Å². The van der Waals surface area contributed by atoms with Gasteiger partial charge in [0.15, 0.2) is 16.6 Å². The highest BCUT2D eigenvalue weighted by Crippen LogP contribution is 2.45. The Labute approximate surface area is 230 Å². The lowest BCUT2D eigenvalue weighted by atomic mass is 9.94. The Morgan fingerprint density at radius 3 is 1.86 bits per heavy atom. The predicted octanol–water partition coefficient (Wildman–Crippen LogP) is 7.79. The van der Waals surface area contributed by atoms with E-state index >= 15 is 0 Å². The molecular weight excluding hydrogens is 513 g/mol. The summed E-state index contributed by atoms with van der Waals surface area (Å²) in [4.78, 5) is 12.1. The molecule has 1 aliphatic rings. The zero-order valence-electron chi connectivity index (χ0n) is 26.3. The summed E-state index contributed by atoms with van der Waals surface area (Å²) in [5.41, 5.74) is 0.915. The SMILES string of the molecule is CC(=O)Oc1cc([Si](C)(C)C)ccc1[C@H]1C[C@@H](O[Si](C)(C)C(C)(C)C)[C@H](O[Si](C)(C)C(C)(C)C)[C@@H](C)O1. The lowest BCUT2D eigenvalue weighted by Gasteiger charge is -2.50. The molecule has 0 bridgehead atoms. The topological polar surface area (TPSA) is 54.0 Å². The highest BCUT2D eigenvalue weighted by molar-refractivity contribution is 6.88. The van der Waals surface area contributed by atoms with Gasteiger partial charge in [-0.2, -0.15) is 0 Å². The summed E-state index contributed by atoms with van der Waals surface area (Å²) < 4.78 is 26.5. The quantitative estimate of drug-likeness (QED) is 0.192. The first kappa shape index (κ1) is 32.4. The summed E-state index contributed by atoms with van der Waals surface area (Å²) >= 11 is 0. The van der Waals surface area contributed by atoms with Crippen molar-refractivity contribution in [2.75, 3.05) is 0 Å². The molecule has 0 radical (unpaired) electrons. The Hall–Kier alpha value is -0.779. The van der Waals surface area contributed by atoms with Gasteiger partial charge in [0, 0.05) is 18.9 Å². The Morgan fingerprint density at radius 1 is 0.892 bits per heavy atom. The third-order valence-corrected chi connectivity index (χ3v) is 19.6. The van der Waals surface area contributed by atoms with Crippen molar-refractivity contribution in [3.63, 3.8) is 0 Å². The predicted molar refractivity (Wildman–Crippen MR) is 163 cm³/mol. The molecule has 37 heavy (non-hydrogen) atoms. The molecule has 1 aliphatic heterocycles. The maximum Gasteiger partial charge on any atom is 0.308 e. The third-order valence-electron chi connectivity index (χ3n) is 8.62. The van der Waals surface area contributed by atoms with Crippen LogP contribution in [0.1, 0.15) is 73.5 Å². The van der Waals surface area contributed by atoms with Gasteiger partial charge >= 0.3 is 5.97 Å². The van der Waals surface area contributed by atoms with Crippen LogP contribution >= 0.6 is 0 Å². The monoisotopic (exact) mass is 566 g/mol. The van der Waals surface area contributed by atoms with Crippen LogP contribution in [-0.2, 0) is 18.4 Å². The second kappa shape index (κ2) is 11.0. The maximum atomic E-state index is 12.1. The summed E-state index contributed by atoms with van der Waals surface area (Å²) in [6, 6.07) is 6.34. The van der Waals surface area contributed by atoms with Crippen LogP contribution in [0.5, 0.6) is 5.75 Å². The molecule has 212 valence electrons. The fraction of sp³-hybridized carbons (Fsp3) is 0.759. The molecule has 0 unspecified atom stereocenters. The first-order valence-electron chi connectivity index (χ1n) is 13.8. The first-order chi connectivity index (χ1) is 16.5. The second-order valence-corrected chi connectivity index (χ2v) is 29.5. The van der Waals surface area contributed by atoms with E-state index in [2.05, 4.69) is 112 Å². The summed E-state index contributed by atoms with van der Waals surface area (Å²) in [5, 5.41) is 1.41. The molecule has 1 saturated heterocycles. The number of benzene rings is 1. The van der Waals surface area contributed by atoms with Crippen LogP contribution in [0.2, 0.25) is 55.9 Å². The van der Waals surface area contributed by atoms with E-state index < -0.39 is 24.7 Å². The molecule has 1 fully saturated rings. The molecule has 0 aromatic heterocycles. The van der Waals surface area contributed by atoms with E-state index in [9.17, 15) is 4.79 Å². The minimum Gasteiger partial charge on any atom is -0.426 e. The van der Waals surface area contributed by atoms with E-state index in [1.165, 1.54) is 12.1 Å². The zero-order chi connectivity index (χ0) is 28.8. The van der Waals surface area contributed by atoms with E-state index in [-0.39, 0.29) is 40.5 Å². The molecule has 4 atom stereocenters. The molecule has 1 heterocycles. The summed E-state index contributed by atoms with van der Waals surface area (Å²) in [6.45, 7) is 33.3. The van der Waals surface area contributed by atoms with Gasteiger partial charge < -0.3 is 18.3 Å². The smallest absolute Gasteiger partial charge is 0.308 e. The molecule has 1 aromatic rings. The molecular formula is C29H54O5Si3. The van der Waals surface area contributed by atoms with Crippen molar-refractivity contribution in [1.82, 2.24) is 0 Å². The summed E-state index contributed by atoms with van der Waals surface area (Å²) in [7, 11) is -5.75. The average molecular weight is 567 g/mol.